The zero-order chi connectivity index (χ0) is 15.6. The van der Waals surface area contributed by atoms with Gasteiger partial charge in [-0.3, -0.25) is 4.99 Å². The van der Waals surface area contributed by atoms with Gasteiger partial charge in [-0.15, -0.1) is 0 Å². The fourth-order valence-electron chi connectivity index (χ4n) is 2.15. The van der Waals surface area contributed by atoms with Crippen molar-refractivity contribution in [3.63, 3.8) is 0 Å². The van der Waals surface area contributed by atoms with Crippen LogP contribution in [0.1, 0.15) is 32.9 Å². The molecule has 110 valence electrons. The molecule has 2 aromatic rings. The maximum Gasteiger partial charge on any atom is 0.337 e. The Balaban J connectivity index is 2.36. The smallest absolute Gasteiger partial charge is 0.337 e. The van der Waals surface area contributed by atoms with Gasteiger partial charge in [0.1, 0.15) is 0 Å². The molecule has 0 saturated carbocycles. The van der Waals surface area contributed by atoms with Crippen molar-refractivity contribution in [1.29, 1.82) is 0 Å². The number of hydrogen-bond acceptors (Lipinski definition) is 3. The highest BCUT2D eigenvalue weighted by Gasteiger charge is 2.08. The average molecular weight is 284 g/mol. The van der Waals surface area contributed by atoms with Gasteiger partial charge < -0.3 is 9.30 Å². The van der Waals surface area contributed by atoms with Gasteiger partial charge in [0.15, 0.2) is 0 Å². The topological polar surface area (TPSA) is 43.6 Å². The summed E-state index contributed by atoms with van der Waals surface area (Å²) in [6.07, 6.45) is 1.84. The number of aliphatic imine (C=N–C) groups is 1. The monoisotopic (exact) mass is 284 g/mol. The number of esters is 1. The molecule has 0 amide bonds. The molecule has 0 radical (unpaired) electrons. The third-order valence-electron chi connectivity index (χ3n) is 3.79. The Morgan fingerprint density at radius 2 is 1.95 bits per heavy atom. The molecule has 0 aliphatic heterocycles. The summed E-state index contributed by atoms with van der Waals surface area (Å²) in [5, 5.41) is 0. The molecule has 0 bridgehead atoms. The van der Waals surface area contributed by atoms with Crippen LogP contribution in [0.2, 0.25) is 0 Å². The van der Waals surface area contributed by atoms with E-state index in [4.69, 9.17) is 4.74 Å². The van der Waals surface area contributed by atoms with E-state index in [1.165, 1.54) is 12.8 Å². The quantitative estimate of drug-likeness (QED) is 0.639. The Morgan fingerprint density at radius 3 is 2.52 bits per heavy atom. The SMILES string of the molecule is COC(=O)c1ccc(C)c(N=Cc2cc(C)n(C)c2C)c1. The molecule has 0 N–H and O–H groups in total. The first-order valence-corrected chi connectivity index (χ1v) is 6.80. The first-order valence-electron chi connectivity index (χ1n) is 6.80. The van der Waals surface area contributed by atoms with Crippen molar-refractivity contribution in [2.75, 3.05) is 7.11 Å². The molecule has 21 heavy (non-hydrogen) atoms. The zero-order valence-electron chi connectivity index (χ0n) is 13.1. The van der Waals surface area contributed by atoms with Crippen LogP contribution in [0, 0.1) is 20.8 Å². The lowest BCUT2D eigenvalue weighted by Gasteiger charge is -2.04. The largest absolute Gasteiger partial charge is 0.465 e. The fraction of sp³-hybridized carbons (Fsp3) is 0.294. The zero-order valence-corrected chi connectivity index (χ0v) is 13.1. The van der Waals surface area contributed by atoms with Crippen LogP contribution in [0.15, 0.2) is 29.3 Å². The predicted octanol–water partition coefficient (Wildman–Crippen LogP) is 3.49. The van der Waals surface area contributed by atoms with Crippen LogP contribution in [0.5, 0.6) is 0 Å². The number of aromatic nitrogens is 1. The Hall–Kier alpha value is -2.36. The van der Waals surface area contributed by atoms with E-state index in [2.05, 4.69) is 29.5 Å². The lowest BCUT2D eigenvalue weighted by Crippen LogP contribution is -2.00. The molecule has 0 aliphatic rings. The molecule has 0 aliphatic carbocycles. The molecular formula is C17H20N2O2. The van der Waals surface area contributed by atoms with Crippen LogP contribution in [0.3, 0.4) is 0 Å². The number of aryl methyl sites for hydroxylation is 2. The molecule has 1 heterocycles. The summed E-state index contributed by atoms with van der Waals surface area (Å²) in [6.45, 7) is 6.09. The lowest BCUT2D eigenvalue weighted by atomic mass is 10.1. The van der Waals surface area contributed by atoms with E-state index in [1.807, 2.05) is 26.3 Å². The summed E-state index contributed by atoms with van der Waals surface area (Å²) >= 11 is 0. The number of hydrogen-bond donors (Lipinski definition) is 0. The molecule has 0 spiro atoms. The molecule has 2 rings (SSSR count). The van der Waals surface area contributed by atoms with Gasteiger partial charge in [-0.1, -0.05) is 6.07 Å². The van der Waals surface area contributed by atoms with E-state index in [0.717, 1.165) is 22.5 Å². The van der Waals surface area contributed by atoms with Gasteiger partial charge in [0.25, 0.3) is 0 Å². The molecule has 1 aromatic carbocycles. The minimum atomic E-state index is -0.349. The summed E-state index contributed by atoms with van der Waals surface area (Å²) in [7, 11) is 3.41. The highest BCUT2D eigenvalue weighted by molar-refractivity contribution is 5.91. The van der Waals surface area contributed by atoms with Gasteiger partial charge in [0, 0.05) is 30.2 Å². The van der Waals surface area contributed by atoms with Crippen molar-refractivity contribution >= 4 is 17.9 Å². The van der Waals surface area contributed by atoms with Gasteiger partial charge in [0.2, 0.25) is 0 Å². The van der Waals surface area contributed by atoms with Crippen LogP contribution < -0.4 is 0 Å². The normalized spacial score (nSPS) is 11.1. The van der Waals surface area contributed by atoms with Crippen molar-refractivity contribution in [3.05, 3.63) is 52.3 Å². The number of benzene rings is 1. The second kappa shape index (κ2) is 5.95. The van der Waals surface area contributed by atoms with Gasteiger partial charge in [-0.2, -0.15) is 0 Å². The Kier molecular flexibility index (Phi) is 4.26. The molecular weight excluding hydrogens is 264 g/mol. The maximum atomic E-state index is 11.6. The second-order valence-corrected chi connectivity index (χ2v) is 5.14. The van der Waals surface area contributed by atoms with Crippen LogP contribution in [-0.2, 0) is 11.8 Å². The minimum Gasteiger partial charge on any atom is -0.465 e. The molecule has 0 atom stereocenters. The number of ether oxygens (including phenoxy) is 1. The lowest BCUT2D eigenvalue weighted by molar-refractivity contribution is 0.0601. The number of methoxy groups -OCH3 is 1. The number of rotatable bonds is 3. The highest BCUT2D eigenvalue weighted by Crippen LogP contribution is 2.21. The summed E-state index contributed by atoms with van der Waals surface area (Å²) in [6, 6.07) is 7.47. The van der Waals surface area contributed by atoms with Crippen LogP contribution >= 0.6 is 0 Å². The van der Waals surface area contributed by atoms with Crippen LogP contribution in [0.25, 0.3) is 0 Å². The third-order valence-corrected chi connectivity index (χ3v) is 3.79. The Morgan fingerprint density at radius 1 is 1.24 bits per heavy atom. The van der Waals surface area contributed by atoms with Crippen LogP contribution in [0.4, 0.5) is 5.69 Å². The van der Waals surface area contributed by atoms with E-state index < -0.39 is 0 Å². The van der Waals surface area contributed by atoms with E-state index in [0.29, 0.717) is 5.56 Å². The molecule has 0 unspecified atom stereocenters. The Bertz CT molecular complexity index is 712. The first kappa shape index (κ1) is 15.0. The van der Waals surface area contributed by atoms with Crippen molar-refractivity contribution in [3.8, 4) is 0 Å². The van der Waals surface area contributed by atoms with Gasteiger partial charge in [0.05, 0.1) is 18.4 Å². The van der Waals surface area contributed by atoms with Crippen molar-refractivity contribution < 1.29 is 9.53 Å². The first-order chi connectivity index (χ1) is 9.93. The number of carbonyl (C=O) groups is 1. The molecule has 0 saturated heterocycles. The highest BCUT2D eigenvalue weighted by atomic mass is 16.5. The van der Waals surface area contributed by atoms with E-state index in [1.54, 1.807) is 12.1 Å². The average Bonchev–Trinajstić information content (AvgIpc) is 2.73. The van der Waals surface area contributed by atoms with Crippen molar-refractivity contribution in [1.82, 2.24) is 4.57 Å². The fourth-order valence-corrected chi connectivity index (χ4v) is 2.15. The summed E-state index contributed by atoms with van der Waals surface area (Å²) in [5.41, 5.74) is 5.74. The predicted molar refractivity (Wildman–Crippen MR) is 84.7 cm³/mol. The summed E-state index contributed by atoms with van der Waals surface area (Å²) in [4.78, 5) is 16.1. The van der Waals surface area contributed by atoms with Crippen molar-refractivity contribution in [2.45, 2.75) is 20.8 Å². The molecule has 4 nitrogen and oxygen atoms in total. The van der Waals surface area contributed by atoms with Gasteiger partial charge in [-0.25, -0.2) is 4.79 Å². The van der Waals surface area contributed by atoms with Gasteiger partial charge in [-0.05, 0) is 44.5 Å². The minimum absolute atomic E-state index is 0.349. The number of carbonyl (C=O) groups excluding carboxylic acids is 1. The molecule has 1 aromatic heterocycles. The third kappa shape index (κ3) is 3.05. The van der Waals surface area contributed by atoms with Crippen molar-refractivity contribution in [2.24, 2.45) is 12.0 Å². The van der Waals surface area contributed by atoms with E-state index in [9.17, 15) is 4.79 Å². The summed E-state index contributed by atoms with van der Waals surface area (Å²) in [5.74, 6) is -0.349. The second-order valence-electron chi connectivity index (χ2n) is 5.14. The maximum absolute atomic E-state index is 11.6. The standard InChI is InChI=1S/C17H20N2O2/c1-11-6-7-14(17(20)21-5)9-16(11)18-10-15-8-12(2)19(4)13(15)3/h6-10H,1-5H3. The van der Waals surface area contributed by atoms with Crippen LogP contribution in [-0.4, -0.2) is 23.9 Å². The summed E-state index contributed by atoms with van der Waals surface area (Å²) < 4.78 is 6.86. The molecule has 4 heteroatoms. The van der Waals surface area contributed by atoms with Gasteiger partial charge >= 0.3 is 5.97 Å². The molecule has 0 fully saturated rings. The van der Waals surface area contributed by atoms with E-state index in [-0.39, 0.29) is 5.97 Å². The number of nitrogens with zero attached hydrogens (tertiary/aromatic N) is 2. The Labute approximate surface area is 125 Å². The van der Waals surface area contributed by atoms with E-state index >= 15 is 0 Å².